The number of thioether (sulfide) groups is 2. The first-order valence-corrected chi connectivity index (χ1v) is 14.6. The van der Waals surface area contributed by atoms with Crippen LogP contribution in [0, 0.1) is 5.92 Å². The van der Waals surface area contributed by atoms with E-state index in [0.29, 0.717) is 42.3 Å². The van der Waals surface area contributed by atoms with Crippen molar-refractivity contribution < 1.29 is 24.3 Å². The van der Waals surface area contributed by atoms with E-state index in [1.807, 2.05) is 44.2 Å². The highest BCUT2D eigenvalue weighted by Gasteiger charge is 2.54. The van der Waals surface area contributed by atoms with Gasteiger partial charge < -0.3 is 20.3 Å². The largest absolute Gasteiger partial charge is 0.477 e. The third-order valence-corrected chi connectivity index (χ3v) is 8.50. The molecule has 4 heterocycles. The van der Waals surface area contributed by atoms with Crippen molar-refractivity contribution in [3.8, 4) is 0 Å². The fourth-order valence-corrected chi connectivity index (χ4v) is 6.51. The van der Waals surface area contributed by atoms with Gasteiger partial charge in [0.2, 0.25) is 11.8 Å². The van der Waals surface area contributed by atoms with Crippen LogP contribution in [0.4, 0.5) is 0 Å². The lowest BCUT2D eigenvalue weighted by molar-refractivity contribution is -0.150. The van der Waals surface area contributed by atoms with Gasteiger partial charge in [0.15, 0.2) is 0 Å². The summed E-state index contributed by atoms with van der Waals surface area (Å²) >= 11 is 2.77. The van der Waals surface area contributed by atoms with Gasteiger partial charge in [0, 0.05) is 41.7 Å². The summed E-state index contributed by atoms with van der Waals surface area (Å²) in [5, 5.41) is 12.1. The van der Waals surface area contributed by atoms with Crippen molar-refractivity contribution in [3.63, 3.8) is 0 Å². The van der Waals surface area contributed by atoms with Crippen LogP contribution in [0.5, 0.6) is 0 Å². The predicted molar refractivity (Wildman–Crippen MR) is 150 cm³/mol. The summed E-state index contributed by atoms with van der Waals surface area (Å²) in [6, 6.07) is 8.73. The number of carboxylic acid groups (broad SMARTS) is 1. The van der Waals surface area contributed by atoms with E-state index >= 15 is 0 Å². The summed E-state index contributed by atoms with van der Waals surface area (Å²) in [6.07, 6.45) is 7.28. The summed E-state index contributed by atoms with van der Waals surface area (Å²) in [4.78, 5) is 60.4. The number of hydrogen-bond acceptors (Lipinski definition) is 7. The Balaban J connectivity index is 0.000000634. The van der Waals surface area contributed by atoms with Crippen LogP contribution in [0.3, 0.4) is 0 Å². The number of carbonyl (C=O) groups is 4. The zero-order chi connectivity index (χ0) is 27.9. The van der Waals surface area contributed by atoms with Gasteiger partial charge in [0.1, 0.15) is 17.1 Å². The number of aliphatic carboxylic acids is 1. The average molecular weight is 570 g/mol. The van der Waals surface area contributed by atoms with E-state index in [1.165, 1.54) is 28.4 Å². The maximum atomic E-state index is 12.8. The normalized spacial score (nSPS) is 21.5. The van der Waals surface area contributed by atoms with E-state index in [9.17, 15) is 24.3 Å². The monoisotopic (exact) mass is 569 g/mol. The number of imidazole rings is 1. The number of rotatable bonds is 8. The number of allylic oxidation sites excluding steroid dienone is 1. The number of β-lactam (4-membered cyclic amide) rings is 1. The molecular formula is C27H31N5O5S2. The molecule has 3 aliphatic rings. The Labute approximate surface area is 235 Å². The number of aromatic amines is 1. The SMILES string of the molecule is CC(C)CN1CCC(=CC2=C(C(=O)O)N3C(=O)[C@@H](NC(=O)CSc4ccccc4)[C@H]3SC2)C1=O.c1c[nH]cn1. The zero-order valence-electron chi connectivity index (χ0n) is 21.7. The smallest absolute Gasteiger partial charge is 0.352 e. The number of H-pyrrole nitrogens is 1. The van der Waals surface area contributed by atoms with Crippen LogP contribution < -0.4 is 5.32 Å². The van der Waals surface area contributed by atoms with Crippen LogP contribution in [0.25, 0.3) is 0 Å². The molecule has 12 heteroatoms. The molecule has 0 aliphatic carbocycles. The van der Waals surface area contributed by atoms with Gasteiger partial charge in [-0.1, -0.05) is 32.0 Å². The molecule has 2 aromatic rings. The molecule has 3 N–H and O–H groups in total. The maximum absolute atomic E-state index is 12.8. The molecule has 1 aromatic heterocycles. The Morgan fingerprint density at radius 3 is 2.67 bits per heavy atom. The lowest BCUT2D eigenvalue weighted by Crippen LogP contribution is -2.70. The number of likely N-dealkylation sites (tertiary alicyclic amines) is 1. The molecule has 0 saturated carbocycles. The fourth-order valence-electron chi connectivity index (χ4n) is 4.48. The van der Waals surface area contributed by atoms with E-state index in [0.717, 1.165) is 4.90 Å². The number of benzene rings is 1. The Morgan fingerprint density at radius 2 is 2.05 bits per heavy atom. The van der Waals surface area contributed by atoms with Crippen LogP contribution in [0.2, 0.25) is 0 Å². The minimum atomic E-state index is -1.21. The van der Waals surface area contributed by atoms with Gasteiger partial charge in [-0.2, -0.15) is 0 Å². The number of hydrogen-bond donors (Lipinski definition) is 3. The lowest BCUT2D eigenvalue weighted by Gasteiger charge is -2.49. The van der Waals surface area contributed by atoms with Crippen LogP contribution in [-0.2, 0) is 19.2 Å². The topological polar surface area (TPSA) is 136 Å². The number of fused-ring (bicyclic) bond motifs is 1. The van der Waals surface area contributed by atoms with Crippen molar-refractivity contribution in [3.05, 3.63) is 72.0 Å². The van der Waals surface area contributed by atoms with E-state index in [-0.39, 0.29) is 23.3 Å². The molecule has 206 valence electrons. The average Bonchev–Trinajstić information content (AvgIpc) is 3.61. The first-order chi connectivity index (χ1) is 18.8. The Morgan fingerprint density at radius 1 is 1.28 bits per heavy atom. The number of carboxylic acids is 1. The Kier molecular flexibility index (Phi) is 9.52. The highest BCUT2D eigenvalue weighted by atomic mass is 32.2. The Bertz CT molecular complexity index is 1250. The molecular weight excluding hydrogens is 538 g/mol. The molecule has 0 radical (unpaired) electrons. The van der Waals surface area contributed by atoms with Gasteiger partial charge in [-0.05, 0) is 36.1 Å². The molecule has 5 rings (SSSR count). The van der Waals surface area contributed by atoms with Crippen LogP contribution in [-0.4, -0.2) is 84.6 Å². The van der Waals surface area contributed by atoms with E-state index in [2.05, 4.69) is 15.3 Å². The molecule has 3 amide bonds. The van der Waals surface area contributed by atoms with Gasteiger partial charge in [-0.15, -0.1) is 23.5 Å². The second-order valence-electron chi connectivity index (χ2n) is 9.56. The molecule has 1 aromatic carbocycles. The van der Waals surface area contributed by atoms with E-state index in [1.54, 1.807) is 29.7 Å². The quantitative estimate of drug-likeness (QED) is 0.251. The second-order valence-corrected chi connectivity index (χ2v) is 11.7. The molecule has 39 heavy (non-hydrogen) atoms. The van der Waals surface area contributed by atoms with Crippen molar-refractivity contribution in [2.75, 3.05) is 24.6 Å². The van der Waals surface area contributed by atoms with Gasteiger partial charge in [-0.25, -0.2) is 9.78 Å². The molecule has 0 unspecified atom stereocenters. The van der Waals surface area contributed by atoms with Crippen LogP contribution in [0.15, 0.2) is 76.9 Å². The predicted octanol–water partition coefficient (Wildman–Crippen LogP) is 2.74. The van der Waals surface area contributed by atoms with E-state index in [4.69, 9.17) is 0 Å². The third-order valence-electron chi connectivity index (χ3n) is 6.18. The number of nitrogens with zero attached hydrogens (tertiary/aromatic N) is 3. The summed E-state index contributed by atoms with van der Waals surface area (Å²) in [5.74, 6) is -1.14. The van der Waals surface area contributed by atoms with E-state index < -0.39 is 23.3 Å². The third kappa shape index (κ3) is 6.93. The van der Waals surface area contributed by atoms with Crippen LogP contribution >= 0.6 is 23.5 Å². The highest BCUT2D eigenvalue weighted by Crippen LogP contribution is 2.41. The van der Waals surface area contributed by atoms with Gasteiger partial charge in [0.05, 0.1) is 12.1 Å². The molecule has 2 fully saturated rings. The molecule has 2 atom stereocenters. The minimum Gasteiger partial charge on any atom is -0.477 e. The fraction of sp³-hybridized carbons (Fsp3) is 0.370. The number of carbonyl (C=O) groups excluding carboxylic acids is 3. The highest BCUT2D eigenvalue weighted by molar-refractivity contribution is 8.00. The molecule has 0 bridgehead atoms. The molecule has 10 nitrogen and oxygen atoms in total. The molecule has 2 saturated heterocycles. The summed E-state index contributed by atoms with van der Waals surface area (Å²) in [7, 11) is 0. The van der Waals surface area contributed by atoms with Gasteiger partial charge in [0.25, 0.3) is 5.91 Å². The maximum Gasteiger partial charge on any atom is 0.352 e. The summed E-state index contributed by atoms with van der Waals surface area (Å²) < 4.78 is 0. The lowest BCUT2D eigenvalue weighted by atomic mass is 10.0. The van der Waals surface area contributed by atoms with Crippen molar-refractivity contribution in [1.82, 2.24) is 25.1 Å². The standard InChI is InChI=1S/C24H27N3O5S2.C3H4N2/c1-14(2)11-26-9-8-15(21(26)29)10-16-12-34-23-19(22(30)27(23)20(16)24(31)32)25-18(28)13-33-17-6-4-3-5-7-17;1-2-5-3-4-1/h3-7,10,14,19,23H,8-9,11-13H2,1-2H3,(H,25,28)(H,31,32);1-3H,(H,4,5)/t19-,23-;/m1./s1. The van der Waals surface area contributed by atoms with Gasteiger partial charge in [-0.3, -0.25) is 19.3 Å². The minimum absolute atomic E-state index is 0.0749. The van der Waals surface area contributed by atoms with Crippen molar-refractivity contribution in [1.29, 1.82) is 0 Å². The van der Waals surface area contributed by atoms with Crippen molar-refractivity contribution in [2.45, 2.75) is 36.6 Å². The molecule has 3 aliphatic heterocycles. The van der Waals surface area contributed by atoms with Gasteiger partial charge >= 0.3 is 5.97 Å². The summed E-state index contributed by atoms with van der Waals surface area (Å²) in [5.41, 5.74) is 0.936. The number of amides is 3. The van der Waals surface area contributed by atoms with Crippen molar-refractivity contribution in [2.24, 2.45) is 5.92 Å². The summed E-state index contributed by atoms with van der Waals surface area (Å²) in [6.45, 7) is 5.37. The zero-order valence-corrected chi connectivity index (χ0v) is 23.3. The second kappa shape index (κ2) is 13.0. The van der Waals surface area contributed by atoms with Crippen LogP contribution in [0.1, 0.15) is 20.3 Å². The first-order valence-electron chi connectivity index (χ1n) is 12.6. The van der Waals surface area contributed by atoms with Crippen molar-refractivity contribution >= 4 is 47.2 Å². The Hall–Kier alpha value is -3.51. The first kappa shape index (κ1) is 28.5. The number of nitrogens with one attached hydrogen (secondary N) is 2. The number of aromatic nitrogens is 2. The molecule has 0 spiro atoms.